The van der Waals surface area contributed by atoms with Crippen molar-refractivity contribution in [2.45, 2.75) is 37.1 Å². The zero-order valence-corrected chi connectivity index (χ0v) is 18.5. The molecule has 1 saturated heterocycles. The van der Waals surface area contributed by atoms with Gasteiger partial charge in [0.15, 0.2) is 5.43 Å². The highest BCUT2D eigenvalue weighted by atomic mass is 16.7. The smallest absolute Gasteiger partial charge is 0.311 e. The van der Waals surface area contributed by atoms with Crippen LogP contribution in [-0.4, -0.2) is 69.7 Å². The Hall–Kier alpha value is -3.97. The molecule has 1 fully saturated rings. The molecule has 12 heteroatoms. The molecule has 0 amide bonds. The van der Waals surface area contributed by atoms with Crippen LogP contribution >= 0.6 is 0 Å². The molecule has 0 bridgehead atoms. The Bertz CT molecular complexity index is 1310. The third-order valence-electron chi connectivity index (χ3n) is 5.54. The van der Waals surface area contributed by atoms with Crippen molar-refractivity contribution in [3.05, 3.63) is 59.0 Å². The summed E-state index contributed by atoms with van der Waals surface area (Å²) in [5.74, 6) is -2.66. The lowest BCUT2D eigenvalue weighted by atomic mass is 9.99. The highest BCUT2D eigenvalue weighted by molar-refractivity contribution is 5.89. The number of aromatic hydroxyl groups is 1. The normalized spacial score (nSPS) is 23.8. The molecule has 2 aromatic carbocycles. The Morgan fingerprint density at radius 1 is 1.00 bits per heavy atom. The second-order valence-corrected chi connectivity index (χ2v) is 8.05. The van der Waals surface area contributed by atoms with Gasteiger partial charge in [-0.1, -0.05) is 12.1 Å². The van der Waals surface area contributed by atoms with Gasteiger partial charge in [0.05, 0.1) is 23.3 Å². The fraction of sp³-hybridized carbons (Fsp3) is 0.292. The summed E-state index contributed by atoms with van der Waals surface area (Å²) in [6.45, 7) is -0.621. The maximum absolute atomic E-state index is 12.9. The molecule has 12 nitrogen and oxygen atoms in total. The monoisotopic (exact) mass is 501 g/mol. The van der Waals surface area contributed by atoms with Gasteiger partial charge in [0.1, 0.15) is 54.4 Å². The quantitative estimate of drug-likeness (QED) is 0.229. The minimum Gasteiger partial charge on any atom is -0.550 e. The van der Waals surface area contributed by atoms with E-state index in [0.29, 0.717) is 5.56 Å². The number of hydrogen-bond acceptors (Lipinski definition) is 12. The van der Waals surface area contributed by atoms with Gasteiger partial charge in [-0.2, -0.15) is 0 Å². The number of ether oxygens (including phenoxy) is 3. The molecule has 5 atom stereocenters. The molecule has 0 spiro atoms. The minimum absolute atomic E-state index is 0.0495. The maximum Gasteiger partial charge on any atom is 0.311 e. The number of hydrogen-bond donors (Lipinski definition) is 4. The van der Waals surface area contributed by atoms with E-state index in [9.17, 15) is 39.9 Å². The number of carbonyl (C=O) groups is 2. The van der Waals surface area contributed by atoms with Crippen molar-refractivity contribution in [2.75, 3.05) is 6.61 Å². The van der Waals surface area contributed by atoms with Crippen LogP contribution in [0.2, 0.25) is 0 Å². The Morgan fingerprint density at radius 3 is 2.42 bits per heavy atom. The van der Waals surface area contributed by atoms with E-state index in [-0.39, 0.29) is 33.5 Å². The molecule has 3 aromatic rings. The topological polar surface area (TPSA) is 196 Å². The van der Waals surface area contributed by atoms with E-state index in [2.05, 4.69) is 0 Å². The van der Waals surface area contributed by atoms with Crippen molar-refractivity contribution >= 4 is 22.9 Å². The molecule has 36 heavy (non-hydrogen) atoms. The summed E-state index contributed by atoms with van der Waals surface area (Å²) in [6.07, 6.45) is -7.72. The number of phenolic OH excluding ortho intramolecular Hbond substituents is 1. The average Bonchev–Trinajstić information content (AvgIpc) is 2.84. The number of benzene rings is 2. The summed E-state index contributed by atoms with van der Waals surface area (Å²) in [5, 5.41) is 50.7. The molecule has 2 heterocycles. The molecule has 1 aliphatic heterocycles. The minimum atomic E-state index is -1.74. The van der Waals surface area contributed by atoms with Gasteiger partial charge in [-0.05, 0) is 29.8 Å². The predicted molar refractivity (Wildman–Crippen MR) is 117 cm³/mol. The molecule has 0 saturated carbocycles. The van der Waals surface area contributed by atoms with Crippen LogP contribution in [0.25, 0.3) is 22.1 Å². The molecule has 4 rings (SSSR count). The number of fused-ring (bicyclic) bond motifs is 1. The number of rotatable bonds is 7. The molecule has 1 aromatic heterocycles. The molecular weight excluding hydrogens is 480 g/mol. The van der Waals surface area contributed by atoms with Gasteiger partial charge in [-0.3, -0.25) is 9.59 Å². The van der Waals surface area contributed by atoms with E-state index in [1.54, 1.807) is 12.1 Å². The lowest BCUT2D eigenvalue weighted by Gasteiger charge is -2.39. The Labute approximate surface area is 202 Å². The van der Waals surface area contributed by atoms with Crippen molar-refractivity contribution < 1.29 is 53.7 Å². The number of esters is 1. The van der Waals surface area contributed by atoms with E-state index in [1.165, 1.54) is 36.6 Å². The predicted octanol–water partition coefficient (Wildman–Crippen LogP) is -0.965. The number of carboxylic acids is 1. The lowest BCUT2D eigenvalue weighted by Crippen LogP contribution is -2.60. The van der Waals surface area contributed by atoms with Crippen molar-refractivity contribution in [3.8, 4) is 22.6 Å². The zero-order valence-electron chi connectivity index (χ0n) is 18.5. The van der Waals surface area contributed by atoms with Gasteiger partial charge in [-0.15, -0.1) is 0 Å². The number of phenols is 1. The van der Waals surface area contributed by atoms with E-state index < -0.39 is 55.7 Å². The van der Waals surface area contributed by atoms with Gasteiger partial charge in [0.2, 0.25) is 6.29 Å². The highest BCUT2D eigenvalue weighted by Gasteiger charge is 2.45. The summed E-state index contributed by atoms with van der Waals surface area (Å²) in [5.41, 5.74) is 0.634. The number of aliphatic hydroxyl groups excluding tert-OH is 3. The van der Waals surface area contributed by atoms with Crippen LogP contribution in [0.15, 0.2) is 57.9 Å². The van der Waals surface area contributed by atoms with Crippen molar-refractivity contribution in [1.29, 1.82) is 0 Å². The fourth-order valence-electron chi connectivity index (χ4n) is 3.65. The van der Waals surface area contributed by atoms with Gasteiger partial charge < -0.3 is 49.0 Å². The maximum atomic E-state index is 12.9. The second kappa shape index (κ2) is 10.3. The molecule has 4 N–H and O–H groups in total. The number of carboxylic acid groups (broad SMARTS) is 1. The molecular formula is C24H21O12-. The second-order valence-electron chi connectivity index (χ2n) is 8.05. The average molecular weight is 501 g/mol. The Kier molecular flexibility index (Phi) is 7.22. The first-order valence-corrected chi connectivity index (χ1v) is 10.7. The van der Waals surface area contributed by atoms with Crippen molar-refractivity contribution in [2.24, 2.45) is 0 Å². The lowest BCUT2D eigenvalue weighted by molar-refractivity contribution is -0.305. The summed E-state index contributed by atoms with van der Waals surface area (Å²) >= 11 is 0. The van der Waals surface area contributed by atoms with Crippen LogP contribution in [-0.2, 0) is 19.1 Å². The summed E-state index contributed by atoms with van der Waals surface area (Å²) in [4.78, 5) is 34.8. The molecule has 0 radical (unpaired) electrons. The zero-order chi connectivity index (χ0) is 26.0. The SMILES string of the molecule is O=C([O-])CC(=O)OC[C@H]1O[C@@H](Oc2ccc3c(=O)c(-c4ccc(O)cc4)coc3c2)[C@H](O)[C@@H](O)[C@@H]1O. The van der Waals surface area contributed by atoms with Crippen LogP contribution in [0.3, 0.4) is 0 Å². The number of carbonyl (C=O) groups excluding carboxylic acids is 2. The fourth-order valence-corrected chi connectivity index (χ4v) is 3.65. The summed E-state index contributed by atoms with van der Waals surface area (Å²) in [7, 11) is 0. The third kappa shape index (κ3) is 5.31. The van der Waals surface area contributed by atoms with E-state index >= 15 is 0 Å². The first-order valence-electron chi connectivity index (χ1n) is 10.7. The van der Waals surface area contributed by atoms with Crippen LogP contribution in [0.1, 0.15) is 6.42 Å². The van der Waals surface area contributed by atoms with Gasteiger partial charge in [-0.25, -0.2) is 0 Å². The Balaban J connectivity index is 1.51. The number of aliphatic hydroxyl groups is 3. The van der Waals surface area contributed by atoms with Crippen molar-refractivity contribution in [1.82, 2.24) is 0 Å². The van der Waals surface area contributed by atoms with E-state index in [0.717, 1.165) is 0 Å². The first kappa shape index (κ1) is 25.1. The third-order valence-corrected chi connectivity index (χ3v) is 5.54. The van der Waals surface area contributed by atoms with Crippen LogP contribution in [0.4, 0.5) is 0 Å². The van der Waals surface area contributed by atoms with Crippen LogP contribution in [0.5, 0.6) is 11.5 Å². The van der Waals surface area contributed by atoms with Gasteiger partial charge in [0, 0.05) is 6.07 Å². The standard InChI is InChI=1S/C24H22O12/c25-12-3-1-11(2-4-12)15-9-33-16-7-13(5-6-14(16)20(15)29)35-24-23(32)22(31)21(30)17(36-24)10-34-19(28)8-18(26)27/h1-7,9,17,21-25,30-32H,8,10H2,(H,26,27)/p-1/t17-,21-,22+,23-,24-/m1/s1. The molecule has 0 unspecified atom stereocenters. The highest BCUT2D eigenvalue weighted by Crippen LogP contribution is 2.28. The molecule has 0 aliphatic carbocycles. The van der Waals surface area contributed by atoms with Crippen LogP contribution in [0, 0.1) is 0 Å². The summed E-state index contributed by atoms with van der Waals surface area (Å²) < 4.78 is 21.3. The van der Waals surface area contributed by atoms with Gasteiger partial charge >= 0.3 is 5.97 Å². The summed E-state index contributed by atoms with van der Waals surface area (Å²) in [6, 6.07) is 10.2. The van der Waals surface area contributed by atoms with Crippen molar-refractivity contribution in [3.63, 3.8) is 0 Å². The molecule has 190 valence electrons. The number of aliphatic carboxylic acids is 1. The Morgan fingerprint density at radius 2 is 1.72 bits per heavy atom. The first-order chi connectivity index (χ1) is 17.1. The van der Waals surface area contributed by atoms with E-state index in [4.69, 9.17) is 18.6 Å². The van der Waals surface area contributed by atoms with Crippen LogP contribution < -0.4 is 15.3 Å². The largest absolute Gasteiger partial charge is 0.550 e. The van der Waals surface area contributed by atoms with Gasteiger partial charge in [0.25, 0.3) is 0 Å². The molecule has 1 aliphatic rings. The van der Waals surface area contributed by atoms with E-state index in [1.807, 2.05) is 0 Å².